The molecule has 3 N–H and O–H groups in total. The van der Waals surface area contributed by atoms with E-state index in [0.29, 0.717) is 12.0 Å². The smallest absolute Gasteiger partial charge is 0.274 e. The Morgan fingerprint density at radius 1 is 1.50 bits per heavy atom. The molecule has 0 amide bonds. The number of para-hydroxylation sites is 1. The molecule has 1 unspecified atom stereocenters. The van der Waals surface area contributed by atoms with E-state index in [1.807, 2.05) is 0 Å². The molecule has 0 fully saturated rings. The summed E-state index contributed by atoms with van der Waals surface area (Å²) in [6, 6.07) is 5.82. The van der Waals surface area contributed by atoms with E-state index in [9.17, 15) is 10.1 Å². The molecule has 0 aromatic heterocycles. The molecule has 0 radical (unpaired) electrons. The molecule has 5 heteroatoms. The Balaban J connectivity index is 3.00. The molecule has 0 aliphatic carbocycles. The third-order valence-electron chi connectivity index (χ3n) is 1.97. The zero-order chi connectivity index (χ0) is 10.6. The molecule has 0 spiro atoms. The average Bonchev–Trinajstić information content (AvgIpc) is 2.18. The summed E-state index contributed by atoms with van der Waals surface area (Å²) in [7, 11) is 0. The van der Waals surface area contributed by atoms with E-state index >= 15 is 0 Å². The van der Waals surface area contributed by atoms with Gasteiger partial charge in [-0.25, -0.2) is 0 Å². The van der Waals surface area contributed by atoms with Gasteiger partial charge < -0.3 is 10.8 Å². The number of benzene rings is 1. The highest BCUT2D eigenvalue weighted by atomic mass is 16.6. The van der Waals surface area contributed by atoms with Gasteiger partial charge in [0.05, 0.1) is 4.92 Å². The molecule has 0 saturated carbocycles. The largest absolute Gasteiger partial charge is 0.396 e. The van der Waals surface area contributed by atoms with Gasteiger partial charge in [-0.1, -0.05) is 18.2 Å². The lowest BCUT2D eigenvalue weighted by molar-refractivity contribution is -0.385. The van der Waals surface area contributed by atoms with Crippen LogP contribution >= 0.6 is 0 Å². The van der Waals surface area contributed by atoms with Crippen molar-refractivity contribution in [3.8, 4) is 0 Å². The molecule has 1 rings (SSSR count). The number of nitrogens with zero attached hydrogens (tertiary/aromatic N) is 1. The minimum Gasteiger partial charge on any atom is -0.396 e. The summed E-state index contributed by atoms with van der Waals surface area (Å²) >= 11 is 0. The maximum atomic E-state index is 10.6. The van der Waals surface area contributed by atoms with E-state index in [1.165, 1.54) is 6.07 Å². The molecule has 0 saturated heterocycles. The van der Waals surface area contributed by atoms with Crippen molar-refractivity contribution in [3.63, 3.8) is 0 Å². The highest BCUT2D eigenvalue weighted by Crippen LogP contribution is 2.24. The molecule has 5 nitrogen and oxygen atoms in total. The Morgan fingerprint density at radius 3 is 2.71 bits per heavy atom. The minimum absolute atomic E-state index is 0.00782. The van der Waals surface area contributed by atoms with E-state index in [4.69, 9.17) is 10.8 Å². The van der Waals surface area contributed by atoms with E-state index in [1.54, 1.807) is 18.2 Å². The van der Waals surface area contributed by atoms with Crippen molar-refractivity contribution >= 4 is 5.69 Å². The van der Waals surface area contributed by atoms with Gasteiger partial charge in [-0.05, 0) is 6.42 Å². The molecule has 0 aliphatic heterocycles. The lowest BCUT2D eigenvalue weighted by Crippen LogP contribution is -2.13. The Kier molecular flexibility index (Phi) is 3.55. The number of hydrogen-bond acceptors (Lipinski definition) is 4. The molecule has 0 bridgehead atoms. The Labute approximate surface area is 81.3 Å². The maximum Gasteiger partial charge on any atom is 0.274 e. The molecule has 14 heavy (non-hydrogen) atoms. The molecule has 76 valence electrons. The van der Waals surface area contributed by atoms with Crippen LogP contribution in [0.2, 0.25) is 0 Å². The van der Waals surface area contributed by atoms with E-state index < -0.39 is 11.0 Å². The normalized spacial score (nSPS) is 12.4. The molecule has 0 heterocycles. The SMILES string of the molecule is NC(CCO)c1ccccc1[N+](=O)[O-]. The van der Waals surface area contributed by atoms with Crippen LogP contribution in [0.15, 0.2) is 24.3 Å². The van der Waals surface area contributed by atoms with Crippen molar-refractivity contribution in [2.24, 2.45) is 5.73 Å². The number of aliphatic hydroxyl groups excluding tert-OH is 1. The van der Waals surface area contributed by atoms with Gasteiger partial charge in [-0.15, -0.1) is 0 Å². The van der Waals surface area contributed by atoms with Gasteiger partial charge >= 0.3 is 0 Å². The summed E-state index contributed by atoms with van der Waals surface area (Å²) < 4.78 is 0. The molecular formula is C9H12N2O3. The highest BCUT2D eigenvalue weighted by molar-refractivity contribution is 5.41. The number of nitro groups is 1. The van der Waals surface area contributed by atoms with Crippen LogP contribution in [0.25, 0.3) is 0 Å². The van der Waals surface area contributed by atoms with Crippen LogP contribution < -0.4 is 5.73 Å². The summed E-state index contributed by atoms with van der Waals surface area (Å²) in [4.78, 5) is 10.2. The second kappa shape index (κ2) is 4.69. The van der Waals surface area contributed by atoms with Crippen LogP contribution in [0.1, 0.15) is 18.0 Å². The van der Waals surface area contributed by atoms with Crippen molar-refractivity contribution in [3.05, 3.63) is 39.9 Å². The standard InChI is InChI=1S/C9H12N2O3/c10-8(5-6-12)7-3-1-2-4-9(7)11(13)14/h1-4,8,12H,5-6,10H2. The van der Waals surface area contributed by atoms with Crippen molar-refractivity contribution in [1.29, 1.82) is 0 Å². The fourth-order valence-electron chi connectivity index (χ4n) is 1.26. The third-order valence-corrected chi connectivity index (χ3v) is 1.97. The van der Waals surface area contributed by atoms with E-state index in [2.05, 4.69) is 0 Å². The summed E-state index contributed by atoms with van der Waals surface area (Å²) in [5, 5.41) is 19.3. The fraction of sp³-hybridized carbons (Fsp3) is 0.333. The molecular weight excluding hydrogens is 184 g/mol. The van der Waals surface area contributed by atoms with Gasteiger partial charge in [-0.3, -0.25) is 10.1 Å². The number of rotatable bonds is 4. The third kappa shape index (κ3) is 2.27. The Morgan fingerprint density at radius 2 is 2.14 bits per heavy atom. The van der Waals surface area contributed by atoms with E-state index in [-0.39, 0.29) is 12.3 Å². The second-order valence-electron chi connectivity index (χ2n) is 2.93. The lowest BCUT2D eigenvalue weighted by atomic mass is 10.0. The number of hydrogen-bond donors (Lipinski definition) is 2. The first-order valence-electron chi connectivity index (χ1n) is 4.26. The van der Waals surface area contributed by atoms with Gasteiger partial charge in [-0.2, -0.15) is 0 Å². The van der Waals surface area contributed by atoms with Crippen molar-refractivity contribution in [2.75, 3.05) is 6.61 Å². The van der Waals surface area contributed by atoms with Crippen LogP contribution in [-0.2, 0) is 0 Å². The van der Waals surface area contributed by atoms with Crippen molar-refractivity contribution < 1.29 is 10.0 Å². The molecule has 0 aliphatic rings. The van der Waals surface area contributed by atoms with Gasteiger partial charge in [0, 0.05) is 24.3 Å². The highest BCUT2D eigenvalue weighted by Gasteiger charge is 2.17. The van der Waals surface area contributed by atoms with E-state index in [0.717, 1.165) is 0 Å². The molecule has 1 aromatic rings. The van der Waals surface area contributed by atoms with Gasteiger partial charge in [0.25, 0.3) is 5.69 Å². The number of nitrogens with two attached hydrogens (primary N) is 1. The fourth-order valence-corrected chi connectivity index (χ4v) is 1.26. The molecule has 1 aromatic carbocycles. The Hall–Kier alpha value is -1.46. The summed E-state index contributed by atoms with van der Waals surface area (Å²) in [6.45, 7) is -0.0762. The number of nitro benzene ring substituents is 1. The quantitative estimate of drug-likeness (QED) is 0.554. The maximum absolute atomic E-state index is 10.6. The predicted octanol–water partition coefficient (Wildman–Crippen LogP) is 0.977. The molecule has 1 atom stereocenters. The zero-order valence-electron chi connectivity index (χ0n) is 7.59. The summed E-state index contributed by atoms with van der Waals surface area (Å²) in [5.74, 6) is 0. The first-order chi connectivity index (χ1) is 6.66. The van der Waals surface area contributed by atoms with Gasteiger partial charge in [0.2, 0.25) is 0 Å². The topological polar surface area (TPSA) is 89.4 Å². The Bertz CT molecular complexity index is 328. The first-order valence-corrected chi connectivity index (χ1v) is 4.26. The van der Waals surface area contributed by atoms with Gasteiger partial charge in [0.15, 0.2) is 0 Å². The van der Waals surface area contributed by atoms with Crippen molar-refractivity contribution in [2.45, 2.75) is 12.5 Å². The second-order valence-corrected chi connectivity index (χ2v) is 2.93. The number of aliphatic hydroxyl groups is 1. The monoisotopic (exact) mass is 196 g/mol. The first kappa shape index (κ1) is 10.6. The van der Waals surface area contributed by atoms with Gasteiger partial charge in [0.1, 0.15) is 0 Å². The lowest BCUT2D eigenvalue weighted by Gasteiger charge is -2.09. The van der Waals surface area contributed by atoms with Crippen LogP contribution in [0.5, 0.6) is 0 Å². The summed E-state index contributed by atoms with van der Waals surface area (Å²) in [5.41, 5.74) is 6.15. The van der Waals surface area contributed by atoms with Crippen molar-refractivity contribution in [1.82, 2.24) is 0 Å². The zero-order valence-corrected chi connectivity index (χ0v) is 7.59. The van der Waals surface area contributed by atoms with Crippen LogP contribution in [-0.4, -0.2) is 16.6 Å². The minimum atomic E-state index is -0.485. The predicted molar refractivity (Wildman–Crippen MR) is 51.7 cm³/mol. The summed E-state index contributed by atoms with van der Waals surface area (Å²) in [6.07, 6.45) is 0.324. The van der Waals surface area contributed by atoms with Crippen LogP contribution in [0.4, 0.5) is 5.69 Å². The van der Waals surface area contributed by atoms with Crippen LogP contribution in [0.3, 0.4) is 0 Å². The average molecular weight is 196 g/mol. The van der Waals surface area contributed by atoms with Crippen LogP contribution in [0, 0.1) is 10.1 Å².